The van der Waals surface area contributed by atoms with E-state index in [0.29, 0.717) is 24.1 Å². The zero-order valence-corrected chi connectivity index (χ0v) is 16.4. The van der Waals surface area contributed by atoms with E-state index in [-0.39, 0.29) is 11.3 Å². The number of ether oxygens (including phenoxy) is 1. The number of rotatable bonds is 5. The van der Waals surface area contributed by atoms with Crippen LogP contribution in [0.1, 0.15) is 57.7 Å². The highest BCUT2D eigenvalue weighted by Crippen LogP contribution is 2.43. The first-order valence-electron chi connectivity index (χ1n) is 9.42. The van der Waals surface area contributed by atoms with Gasteiger partial charge in [0.2, 0.25) is 5.88 Å². The number of hydrogen-bond donors (Lipinski definition) is 1. The van der Waals surface area contributed by atoms with Crippen LogP contribution >= 0.6 is 0 Å². The van der Waals surface area contributed by atoms with Gasteiger partial charge in [0.25, 0.3) is 5.91 Å². The lowest BCUT2D eigenvalue weighted by molar-refractivity contribution is -0.153. The predicted octanol–water partition coefficient (Wildman–Crippen LogP) is 4.10. The molecule has 1 N–H and O–H groups in total. The van der Waals surface area contributed by atoms with E-state index < -0.39 is 29.7 Å². The molecule has 2 aromatic rings. The first-order valence-corrected chi connectivity index (χ1v) is 9.42. The fourth-order valence-corrected chi connectivity index (χ4v) is 3.54. The number of anilines is 1. The summed E-state index contributed by atoms with van der Waals surface area (Å²) in [5, 5.41) is 6.44. The third kappa shape index (κ3) is 4.08. The lowest BCUT2D eigenvalue weighted by atomic mass is 9.78. The van der Waals surface area contributed by atoms with Crippen molar-refractivity contribution in [2.45, 2.75) is 57.3 Å². The number of esters is 1. The second-order valence-corrected chi connectivity index (χ2v) is 8.22. The average molecular weight is 388 g/mol. The summed E-state index contributed by atoms with van der Waals surface area (Å²) in [5.41, 5.74) is -0.211. The van der Waals surface area contributed by atoms with E-state index in [1.165, 1.54) is 6.07 Å². The van der Waals surface area contributed by atoms with E-state index in [9.17, 15) is 14.0 Å². The number of nitrogens with zero attached hydrogens (tertiary/aromatic N) is 1. The largest absolute Gasteiger partial charge is 0.455 e. The zero-order valence-electron chi connectivity index (χ0n) is 16.4. The fraction of sp³-hybridized carbons (Fsp3) is 0.476. The Morgan fingerprint density at radius 2 is 1.93 bits per heavy atom. The average Bonchev–Trinajstić information content (AvgIpc) is 3.30. The molecule has 1 aromatic heterocycles. The minimum atomic E-state index is -1.03. The van der Waals surface area contributed by atoms with Crippen molar-refractivity contribution >= 4 is 17.8 Å². The van der Waals surface area contributed by atoms with Gasteiger partial charge in [-0.15, -0.1) is 0 Å². The van der Waals surface area contributed by atoms with Gasteiger partial charge in [0.15, 0.2) is 6.61 Å². The van der Waals surface area contributed by atoms with Gasteiger partial charge in [-0.05, 0) is 18.9 Å². The van der Waals surface area contributed by atoms with Gasteiger partial charge in [-0.25, -0.2) is 4.39 Å². The smallest absolute Gasteiger partial charge is 0.317 e. The van der Waals surface area contributed by atoms with Crippen molar-refractivity contribution in [3.63, 3.8) is 0 Å². The van der Waals surface area contributed by atoms with Crippen LogP contribution in [0.5, 0.6) is 0 Å². The molecule has 1 aliphatic carbocycles. The Kier molecular flexibility index (Phi) is 5.54. The SMILES string of the molecule is CC(C)(C)c1cc(NC(=O)COC(=O)C2(c3ccccc3F)CCCC2)on1. The molecule has 1 heterocycles. The molecule has 0 saturated heterocycles. The Bertz CT molecular complexity index is 863. The Morgan fingerprint density at radius 1 is 1.25 bits per heavy atom. The van der Waals surface area contributed by atoms with Crippen LogP contribution in [0.4, 0.5) is 10.3 Å². The van der Waals surface area contributed by atoms with E-state index in [2.05, 4.69) is 10.5 Å². The molecule has 0 unspecified atom stereocenters. The lowest BCUT2D eigenvalue weighted by Crippen LogP contribution is -2.37. The molecule has 1 aromatic carbocycles. The highest BCUT2D eigenvalue weighted by molar-refractivity contribution is 5.93. The van der Waals surface area contributed by atoms with Crippen molar-refractivity contribution in [1.29, 1.82) is 0 Å². The fourth-order valence-electron chi connectivity index (χ4n) is 3.54. The van der Waals surface area contributed by atoms with Crippen LogP contribution in [0.15, 0.2) is 34.9 Å². The lowest BCUT2D eigenvalue weighted by Gasteiger charge is -2.27. The third-order valence-electron chi connectivity index (χ3n) is 5.11. The molecule has 150 valence electrons. The highest BCUT2D eigenvalue weighted by atomic mass is 19.1. The van der Waals surface area contributed by atoms with Crippen LogP contribution in [0, 0.1) is 5.82 Å². The molecule has 0 radical (unpaired) electrons. The Morgan fingerprint density at radius 3 is 2.54 bits per heavy atom. The van der Waals surface area contributed by atoms with E-state index in [0.717, 1.165) is 12.8 Å². The van der Waals surface area contributed by atoms with Gasteiger partial charge in [-0.3, -0.25) is 14.9 Å². The molecule has 0 bridgehead atoms. The Labute approximate surface area is 163 Å². The van der Waals surface area contributed by atoms with Crippen molar-refractivity contribution in [3.05, 3.63) is 47.4 Å². The molecule has 0 atom stereocenters. The maximum Gasteiger partial charge on any atom is 0.317 e. The van der Waals surface area contributed by atoms with Crippen LogP contribution in [0.3, 0.4) is 0 Å². The third-order valence-corrected chi connectivity index (χ3v) is 5.11. The number of hydrogen-bond acceptors (Lipinski definition) is 5. The van der Waals surface area contributed by atoms with Crippen LogP contribution in [0.2, 0.25) is 0 Å². The number of nitrogens with one attached hydrogen (secondary N) is 1. The number of carbonyl (C=O) groups excluding carboxylic acids is 2. The van der Waals surface area contributed by atoms with E-state index in [4.69, 9.17) is 9.26 Å². The number of amides is 1. The van der Waals surface area contributed by atoms with Crippen LogP contribution < -0.4 is 5.32 Å². The van der Waals surface area contributed by atoms with Crippen LogP contribution in [0.25, 0.3) is 0 Å². The van der Waals surface area contributed by atoms with Crippen molar-refractivity contribution in [1.82, 2.24) is 5.16 Å². The molecule has 1 fully saturated rings. The summed E-state index contributed by atoms with van der Waals surface area (Å²) in [6, 6.07) is 7.88. The maximum atomic E-state index is 14.3. The Hall–Kier alpha value is -2.70. The quantitative estimate of drug-likeness (QED) is 0.780. The van der Waals surface area contributed by atoms with Gasteiger partial charge >= 0.3 is 5.97 Å². The van der Waals surface area contributed by atoms with Crippen molar-refractivity contribution in [2.75, 3.05) is 11.9 Å². The molecular formula is C21H25FN2O4. The second kappa shape index (κ2) is 7.73. The summed E-state index contributed by atoms with van der Waals surface area (Å²) in [6.45, 7) is 5.45. The second-order valence-electron chi connectivity index (χ2n) is 8.22. The standard InChI is InChI=1S/C21H25FN2O4/c1-20(2,3)16-12-18(28-24-16)23-17(25)13-27-19(26)21(10-6-7-11-21)14-8-4-5-9-15(14)22/h4-5,8-9,12H,6-7,10-11,13H2,1-3H3,(H,23,25). The summed E-state index contributed by atoms with van der Waals surface area (Å²) < 4.78 is 24.7. The molecule has 1 aliphatic rings. The summed E-state index contributed by atoms with van der Waals surface area (Å²) in [5.74, 6) is -1.34. The predicted molar refractivity (Wildman–Crippen MR) is 101 cm³/mol. The van der Waals surface area contributed by atoms with Gasteiger partial charge in [-0.1, -0.05) is 57.0 Å². The molecular weight excluding hydrogens is 363 g/mol. The van der Waals surface area contributed by atoms with Crippen molar-refractivity contribution < 1.29 is 23.2 Å². The Balaban J connectivity index is 1.64. The van der Waals surface area contributed by atoms with Gasteiger partial charge in [-0.2, -0.15) is 0 Å². The molecule has 0 spiro atoms. The van der Waals surface area contributed by atoms with E-state index in [1.807, 2.05) is 20.8 Å². The minimum Gasteiger partial charge on any atom is -0.455 e. The first kappa shape index (κ1) is 20.0. The van der Waals surface area contributed by atoms with Crippen molar-refractivity contribution in [3.8, 4) is 0 Å². The van der Waals surface area contributed by atoms with Crippen LogP contribution in [-0.2, 0) is 25.2 Å². The number of aromatic nitrogens is 1. The molecule has 1 amide bonds. The zero-order chi connectivity index (χ0) is 20.4. The van der Waals surface area contributed by atoms with E-state index >= 15 is 0 Å². The maximum absolute atomic E-state index is 14.3. The summed E-state index contributed by atoms with van der Waals surface area (Å²) in [7, 11) is 0. The molecule has 7 heteroatoms. The monoisotopic (exact) mass is 388 g/mol. The van der Waals surface area contributed by atoms with Gasteiger partial charge < -0.3 is 9.26 Å². The van der Waals surface area contributed by atoms with Crippen molar-refractivity contribution in [2.24, 2.45) is 0 Å². The number of halogens is 1. The van der Waals surface area contributed by atoms with E-state index in [1.54, 1.807) is 24.3 Å². The summed E-state index contributed by atoms with van der Waals surface area (Å²) in [6.07, 6.45) is 2.63. The van der Waals surface area contributed by atoms with Crippen LogP contribution in [-0.4, -0.2) is 23.6 Å². The molecule has 0 aliphatic heterocycles. The van der Waals surface area contributed by atoms with Gasteiger partial charge in [0.05, 0.1) is 11.1 Å². The normalized spacial score (nSPS) is 16.0. The van der Waals surface area contributed by atoms with Gasteiger partial charge in [0.1, 0.15) is 5.82 Å². The molecule has 3 rings (SSSR count). The summed E-state index contributed by atoms with van der Waals surface area (Å²) >= 11 is 0. The highest BCUT2D eigenvalue weighted by Gasteiger charge is 2.46. The van der Waals surface area contributed by atoms with Gasteiger partial charge in [0, 0.05) is 17.0 Å². The molecule has 6 nitrogen and oxygen atoms in total. The first-order chi connectivity index (χ1) is 13.2. The summed E-state index contributed by atoms with van der Waals surface area (Å²) in [4.78, 5) is 25.0. The molecule has 28 heavy (non-hydrogen) atoms. The topological polar surface area (TPSA) is 81.4 Å². The minimum absolute atomic E-state index is 0.190. The molecule has 1 saturated carbocycles. The number of benzene rings is 1. The number of carbonyl (C=O) groups is 2.